The fourth-order valence-corrected chi connectivity index (χ4v) is 1.53. The van der Waals surface area contributed by atoms with Crippen molar-refractivity contribution in [1.29, 1.82) is 0 Å². The molecule has 2 rings (SSSR count). The topological polar surface area (TPSA) is 95.2 Å². The molecule has 0 atom stereocenters. The van der Waals surface area contributed by atoms with Crippen LogP contribution in [0, 0.1) is 0 Å². The quantitative estimate of drug-likeness (QED) is 0.496. The molecule has 6 heteroatoms. The van der Waals surface area contributed by atoms with Gasteiger partial charge in [0.2, 0.25) is 0 Å². The Balaban J connectivity index is 0.00000200. The molecule has 5 nitrogen and oxygen atoms in total. The van der Waals surface area contributed by atoms with E-state index in [2.05, 4.69) is 5.32 Å². The second-order valence-electron chi connectivity index (χ2n) is 3.94. The van der Waals surface area contributed by atoms with Crippen molar-refractivity contribution in [2.45, 2.75) is 0 Å². The standard InChI is InChI=1S/C14H12N2O3.Na/c15-11-5-1-9(2-6-11)13(17)16-12-7-3-10(4-8-12)14(18)19;/h1-8H,15H2,(H,16,17)(H,18,19);/q;+1/p-1. The Morgan fingerprint density at radius 3 is 1.90 bits per heavy atom. The van der Waals surface area contributed by atoms with Crippen molar-refractivity contribution < 1.29 is 44.3 Å². The summed E-state index contributed by atoms with van der Waals surface area (Å²) in [6.45, 7) is 0. The number of nitrogens with one attached hydrogen (secondary N) is 1. The van der Waals surface area contributed by atoms with E-state index in [1.807, 2.05) is 0 Å². The van der Waals surface area contributed by atoms with Crippen LogP contribution in [0.2, 0.25) is 0 Å². The predicted molar refractivity (Wildman–Crippen MR) is 69.6 cm³/mol. The van der Waals surface area contributed by atoms with E-state index in [1.165, 1.54) is 24.3 Å². The summed E-state index contributed by atoms with van der Waals surface area (Å²) in [5.74, 6) is -1.54. The summed E-state index contributed by atoms with van der Waals surface area (Å²) in [4.78, 5) is 22.4. The fourth-order valence-electron chi connectivity index (χ4n) is 1.53. The first-order valence-electron chi connectivity index (χ1n) is 5.54. The molecule has 0 aliphatic rings. The van der Waals surface area contributed by atoms with Crippen molar-refractivity contribution in [1.82, 2.24) is 0 Å². The monoisotopic (exact) mass is 278 g/mol. The van der Waals surface area contributed by atoms with E-state index in [-0.39, 0.29) is 41.0 Å². The molecule has 96 valence electrons. The van der Waals surface area contributed by atoms with Crippen molar-refractivity contribution in [2.24, 2.45) is 0 Å². The summed E-state index contributed by atoms with van der Waals surface area (Å²) in [6, 6.07) is 12.2. The number of amides is 1. The maximum atomic E-state index is 11.9. The minimum atomic E-state index is -1.25. The van der Waals surface area contributed by atoms with Crippen molar-refractivity contribution in [3.63, 3.8) is 0 Å². The Morgan fingerprint density at radius 1 is 0.900 bits per heavy atom. The Hall–Kier alpha value is -1.82. The molecule has 1 amide bonds. The number of benzene rings is 2. The van der Waals surface area contributed by atoms with Crippen LogP contribution < -0.4 is 45.7 Å². The number of aromatic carboxylic acids is 1. The molecule has 0 radical (unpaired) electrons. The van der Waals surface area contributed by atoms with Gasteiger partial charge in [0.1, 0.15) is 0 Å². The van der Waals surface area contributed by atoms with Crippen LogP contribution in [-0.4, -0.2) is 11.9 Å². The maximum absolute atomic E-state index is 11.9. The number of hydrogen-bond donors (Lipinski definition) is 2. The summed E-state index contributed by atoms with van der Waals surface area (Å²) in [6.07, 6.45) is 0. The summed E-state index contributed by atoms with van der Waals surface area (Å²) in [5.41, 5.74) is 7.15. The van der Waals surface area contributed by atoms with Crippen LogP contribution in [-0.2, 0) is 0 Å². The van der Waals surface area contributed by atoms with Crippen molar-refractivity contribution in [3.8, 4) is 0 Å². The molecule has 20 heavy (non-hydrogen) atoms. The molecule has 0 unspecified atom stereocenters. The normalized spacial score (nSPS) is 9.40. The molecular formula is C14H11N2NaO3. The van der Waals surface area contributed by atoms with Crippen molar-refractivity contribution >= 4 is 23.3 Å². The number of hydrogen-bond acceptors (Lipinski definition) is 4. The molecule has 0 aliphatic carbocycles. The van der Waals surface area contributed by atoms with Gasteiger partial charge in [-0.1, -0.05) is 12.1 Å². The number of nitrogens with two attached hydrogens (primary N) is 1. The van der Waals surface area contributed by atoms with Gasteiger partial charge in [-0.2, -0.15) is 0 Å². The number of anilines is 2. The van der Waals surface area contributed by atoms with E-state index in [0.717, 1.165) is 0 Å². The third-order valence-corrected chi connectivity index (χ3v) is 2.55. The number of rotatable bonds is 3. The van der Waals surface area contributed by atoms with E-state index in [0.29, 0.717) is 16.9 Å². The van der Waals surface area contributed by atoms with Crippen LogP contribution in [0.5, 0.6) is 0 Å². The zero-order valence-corrected chi connectivity index (χ0v) is 12.9. The molecule has 0 aromatic heterocycles. The predicted octanol–water partition coefficient (Wildman–Crippen LogP) is -2.11. The molecule has 3 N–H and O–H groups in total. The Morgan fingerprint density at radius 2 is 1.40 bits per heavy atom. The average Bonchev–Trinajstić information content (AvgIpc) is 2.40. The van der Waals surface area contributed by atoms with Gasteiger partial charge in [-0.05, 0) is 42.0 Å². The molecule has 2 aromatic rings. The van der Waals surface area contributed by atoms with Crippen LogP contribution in [0.4, 0.5) is 11.4 Å². The number of carbonyl (C=O) groups excluding carboxylic acids is 2. The zero-order valence-electron chi connectivity index (χ0n) is 10.9. The second-order valence-corrected chi connectivity index (χ2v) is 3.94. The number of carboxylic acids is 1. The molecule has 2 aromatic carbocycles. The van der Waals surface area contributed by atoms with E-state index < -0.39 is 5.97 Å². The summed E-state index contributed by atoms with van der Waals surface area (Å²) in [5, 5.41) is 13.2. The zero-order chi connectivity index (χ0) is 13.8. The first-order chi connectivity index (χ1) is 9.06. The Kier molecular flexibility index (Phi) is 5.76. The van der Waals surface area contributed by atoms with E-state index >= 15 is 0 Å². The third kappa shape index (κ3) is 4.09. The summed E-state index contributed by atoms with van der Waals surface area (Å²) >= 11 is 0. The second kappa shape index (κ2) is 7.09. The van der Waals surface area contributed by atoms with Gasteiger partial charge in [0.15, 0.2) is 0 Å². The largest absolute Gasteiger partial charge is 1.00 e. The average molecular weight is 278 g/mol. The molecule has 0 bridgehead atoms. The van der Waals surface area contributed by atoms with Gasteiger partial charge >= 0.3 is 29.6 Å². The van der Waals surface area contributed by atoms with E-state index in [9.17, 15) is 14.7 Å². The Bertz CT molecular complexity index is 609. The van der Waals surface area contributed by atoms with Gasteiger partial charge in [0.05, 0.1) is 5.97 Å². The third-order valence-electron chi connectivity index (χ3n) is 2.55. The number of carbonyl (C=O) groups is 2. The minimum absolute atomic E-state index is 0. The maximum Gasteiger partial charge on any atom is 1.00 e. The first kappa shape index (κ1) is 16.2. The minimum Gasteiger partial charge on any atom is -0.545 e. The molecular weight excluding hydrogens is 267 g/mol. The van der Waals surface area contributed by atoms with Gasteiger partial charge in [-0.3, -0.25) is 4.79 Å². The van der Waals surface area contributed by atoms with Gasteiger partial charge in [-0.15, -0.1) is 0 Å². The van der Waals surface area contributed by atoms with Gasteiger partial charge in [0, 0.05) is 16.9 Å². The molecule has 0 aliphatic heterocycles. The fraction of sp³-hybridized carbons (Fsp3) is 0. The van der Waals surface area contributed by atoms with Crippen LogP contribution in [0.15, 0.2) is 48.5 Å². The van der Waals surface area contributed by atoms with Crippen molar-refractivity contribution in [2.75, 3.05) is 11.1 Å². The summed E-state index contributed by atoms with van der Waals surface area (Å²) < 4.78 is 0. The van der Waals surface area contributed by atoms with Gasteiger partial charge in [0.25, 0.3) is 5.91 Å². The Labute approximate surface area is 138 Å². The van der Waals surface area contributed by atoms with E-state index in [4.69, 9.17) is 5.73 Å². The smallest absolute Gasteiger partial charge is 0.545 e. The van der Waals surface area contributed by atoms with Gasteiger partial charge in [-0.25, -0.2) is 0 Å². The number of nitrogen functional groups attached to an aromatic ring is 1. The van der Waals surface area contributed by atoms with Crippen LogP contribution in [0.1, 0.15) is 20.7 Å². The molecule has 0 fully saturated rings. The van der Waals surface area contributed by atoms with Gasteiger partial charge < -0.3 is 21.0 Å². The molecule has 0 saturated heterocycles. The van der Waals surface area contributed by atoms with E-state index in [1.54, 1.807) is 24.3 Å². The van der Waals surface area contributed by atoms with Crippen LogP contribution >= 0.6 is 0 Å². The van der Waals surface area contributed by atoms with Crippen LogP contribution in [0.3, 0.4) is 0 Å². The number of carboxylic acid groups (broad SMARTS) is 1. The first-order valence-corrected chi connectivity index (χ1v) is 5.54. The molecule has 0 heterocycles. The summed E-state index contributed by atoms with van der Waals surface area (Å²) in [7, 11) is 0. The molecule has 0 spiro atoms. The van der Waals surface area contributed by atoms with Crippen LogP contribution in [0.25, 0.3) is 0 Å². The molecule has 0 saturated carbocycles. The SMILES string of the molecule is Nc1ccc(C(=O)Nc2ccc(C(=O)[O-])cc2)cc1.[Na+]. The van der Waals surface area contributed by atoms with Crippen molar-refractivity contribution in [3.05, 3.63) is 59.7 Å².